The number of nitrogens with two attached hydrogens (primary N) is 1. The average molecular weight is 347 g/mol. The maximum absolute atomic E-state index is 5.92. The van der Waals surface area contributed by atoms with Gasteiger partial charge < -0.3 is 11.1 Å². The van der Waals surface area contributed by atoms with Crippen molar-refractivity contribution in [3.63, 3.8) is 0 Å². The quantitative estimate of drug-likeness (QED) is 0.586. The SMILES string of the molecule is Nc1nonc1-c1nc2cnccc2n1-c1cccc(C2CCCN2)c1. The van der Waals surface area contributed by atoms with Crippen LogP contribution in [0.3, 0.4) is 0 Å². The summed E-state index contributed by atoms with van der Waals surface area (Å²) in [7, 11) is 0. The molecule has 0 bridgehead atoms. The molecule has 0 amide bonds. The van der Waals surface area contributed by atoms with Gasteiger partial charge in [-0.3, -0.25) is 9.55 Å². The van der Waals surface area contributed by atoms with Crippen LogP contribution in [0.2, 0.25) is 0 Å². The van der Waals surface area contributed by atoms with Gasteiger partial charge in [0.15, 0.2) is 17.3 Å². The molecular formula is C18H17N7O. The van der Waals surface area contributed by atoms with Crippen LogP contribution in [0.15, 0.2) is 47.4 Å². The molecule has 1 fully saturated rings. The maximum atomic E-state index is 5.92. The average Bonchev–Trinajstić information content (AvgIpc) is 3.41. The second kappa shape index (κ2) is 5.92. The molecule has 26 heavy (non-hydrogen) atoms. The van der Waals surface area contributed by atoms with Gasteiger partial charge in [-0.05, 0) is 53.5 Å². The summed E-state index contributed by atoms with van der Waals surface area (Å²) in [4.78, 5) is 8.83. The molecular weight excluding hydrogens is 330 g/mol. The van der Waals surface area contributed by atoms with Crippen LogP contribution in [0.25, 0.3) is 28.2 Å². The van der Waals surface area contributed by atoms with Gasteiger partial charge in [0, 0.05) is 17.9 Å². The van der Waals surface area contributed by atoms with E-state index in [1.807, 2.05) is 16.7 Å². The first-order valence-electron chi connectivity index (χ1n) is 8.56. The monoisotopic (exact) mass is 347 g/mol. The van der Waals surface area contributed by atoms with Crippen molar-refractivity contribution in [1.29, 1.82) is 0 Å². The Morgan fingerprint density at radius 1 is 1.23 bits per heavy atom. The standard InChI is InChI=1S/C18H17N7O/c19-17-16(23-26-24-17)18-22-14-10-20-8-6-15(14)25(18)12-4-1-3-11(9-12)13-5-2-7-21-13/h1,3-4,6,8-10,13,21H,2,5,7H2,(H2,19,24). The van der Waals surface area contributed by atoms with Gasteiger partial charge in [-0.1, -0.05) is 12.1 Å². The first kappa shape index (κ1) is 15.0. The number of hydrogen-bond donors (Lipinski definition) is 2. The van der Waals surface area contributed by atoms with Gasteiger partial charge in [-0.2, -0.15) is 0 Å². The van der Waals surface area contributed by atoms with E-state index in [1.165, 1.54) is 12.0 Å². The number of aromatic nitrogens is 5. The van der Waals surface area contributed by atoms with Crippen molar-refractivity contribution in [2.24, 2.45) is 0 Å². The second-order valence-corrected chi connectivity index (χ2v) is 6.38. The molecule has 8 nitrogen and oxygen atoms in total. The lowest BCUT2D eigenvalue weighted by Gasteiger charge is -2.14. The van der Waals surface area contributed by atoms with Crippen LogP contribution in [-0.4, -0.2) is 31.4 Å². The number of imidazole rings is 1. The summed E-state index contributed by atoms with van der Waals surface area (Å²) in [5.41, 5.74) is 10.3. The number of anilines is 1. The Hall–Kier alpha value is -3.26. The molecule has 0 spiro atoms. The van der Waals surface area contributed by atoms with Gasteiger partial charge in [0.05, 0.1) is 11.7 Å². The number of pyridine rings is 1. The Kier molecular flexibility index (Phi) is 3.42. The molecule has 130 valence electrons. The number of rotatable bonds is 3. The summed E-state index contributed by atoms with van der Waals surface area (Å²) in [6.45, 7) is 1.06. The molecule has 3 N–H and O–H groups in total. The molecule has 1 aliphatic rings. The van der Waals surface area contributed by atoms with E-state index < -0.39 is 0 Å². The Balaban J connectivity index is 1.73. The van der Waals surface area contributed by atoms with Gasteiger partial charge in [0.25, 0.3) is 0 Å². The van der Waals surface area contributed by atoms with E-state index >= 15 is 0 Å². The zero-order valence-corrected chi connectivity index (χ0v) is 14.0. The van der Waals surface area contributed by atoms with Crippen molar-refractivity contribution in [3.05, 3.63) is 48.3 Å². The van der Waals surface area contributed by atoms with Crippen LogP contribution in [0.1, 0.15) is 24.4 Å². The summed E-state index contributed by atoms with van der Waals surface area (Å²) in [6, 6.07) is 10.7. The van der Waals surface area contributed by atoms with Crippen molar-refractivity contribution < 1.29 is 4.63 Å². The van der Waals surface area contributed by atoms with E-state index in [4.69, 9.17) is 10.4 Å². The lowest BCUT2D eigenvalue weighted by atomic mass is 10.0. The predicted molar refractivity (Wildman–Crippen MR) is 96.5 cm³/mol. The van der Waals surface area contributed by atoms with E-state index in [0.29, 0.717) is 17.6 Å². The third-order valence-corrected chi connectivity index (χ3v) is 4.77. The molecule has 4 heterocycles. The molecule has 0 aliphatic carbocycles. The molecule has 1 saturated heterocycles. The number of benzene rings is 1. The van der Waals surface area contributed by atoms with Crippen molar-refractivity contribution in [3.8, 4) is 17.2 Å². The molecule has 1 aromatic carbocycles. The lowest BCUT2D eigenvalue weighted by Crippen LogP contribution is -2.13. The highest BCUT2D eigenvalue weighted by Crippen LogP contribution is 2.31. The maximum Gasteiger partial charge on any atom is 0.199 e. The first-order chi connectivity index (χ1) is 12.8. The molecule has 0 radical (unpaired) electrons. The van der Waals surface area contributed by atoms with Crippen molar-refractivity contribution in [2.75, 3.05) is 12.3 Å². The van der Waals surface area contributed by atoms with Crippen LogP contribution in [0, 0.1) is 0 Å². The largest absolute Gasteiger partial charge is 0.379 e. The van der Waals surface area contributed by atoms with E-state index in [2.05, 4.69) is 43.8 Å². The molecule has 1 unspecified atom stereocenters. The summed E-state index contributed by atoms with van der Waals surface area (Å²) in [5, 5.41) is 11.2. The minimum absolute atomic E-state index is 0.211. The number of nitrogen functional groups attached to an aromatic ring is 1. The molecule has 5 rings (SSSR count). The third-order valence-electron chi connectivity index (χ3n) is 4.77. The molecule has 1 aliphatic heterocycles. The highest BCUT2D eigenvalue weighted by Gasteiger charge is 2.22. The van der Waals surface area contributed by atoms with E-state index in [9.17, 15) is 0 Å². The Morgan fingerprint density at radius 3 is 3.00 bits per heavy atom. The number of hydrogen-bond acceptors (Lipinski definition) is 7. The Bertz CT molecular complexity index is 1080. The number of fused-ring (bicyclic) bond motifs is 1. The zero-order chi connectivity index (χ0) is 17.5. The van der Waals surface area contributed by atoms with Crippen LogP contribution in [-0.2, 0) is 0 Å². The van der Waals surface area contributed by atoms with Gasteiger partial charge in [0.1, 0.15) is 5.52 Å². The number of nitrogens with one attached hydrogen (secondary N) is 1. The summed E-state index contributed by atoms with van der Waals surface area (Å²) in [5.74, 6) is 0.798. The molecule has 4 aromatic rings. The fourth-order valence-corrected chi connectivity index (χ4v) is 3.55. The number of nitrogens with zero attached hydrogens (tertiary/aromatic N) is 5. The van der Waals surface area contributed by atoms with Gasteiger partial charge >= 0.3 is 0 Å². The van der Waals surface area contributed by atoms with Crippen LogP contribution in [0.5, 0.6) is 0 Å². The predicted octanol–water partition coefficient (Wildman–Crippen LogP) is 2.48. The van der Waals surface area contributed by atoms with Gasteiger partial charge in [-0.25, -0.2) is 9.61 Å². The Morgan fingerprint density at radius 2 is 2.19 bits per heavy atom. The summed E-state index contributed by atoms with van der Waals surface area (Å²) >= 11 is 0. The second-order valence-electron chi connectivity index (χ2n) is 6.38. The van der Waals surface area contributed by atoms with Crippen molar-refractivity contribution >= 4 is 16.9 Å². The highest BCUT2D eigenvalue weighted by atomic mass is 16.6. The molecule has 3 aromatic heterocycles. The van der Waals surface area contributed by atoms with Crippen LogP contribution < -0.4 is 11.1 Å². The fourth-order valence-electron chi connectivity index (χ4n) is 3.55. The van der Waals surface area contributed by atoms with Gasteiger partial charge in [-0.15, -0.1) is 0 Å². The molecule has 0 saturated carbocycles. The third kappa shape index (κ3) is 2.34. The summed E-state index contributed by atoms with van der Waals surface area (Å²) in [6.07, 6.45) is 5.81. The van der Waals surface area contributed by atoms with Crippen molar-refractivity contribution in [2.45, 2.75) is 18.9 Å². The zero-order valence-electron chi connectivity index (χ0n) is 14.0. The molecule has 8 heteroatoms. The minimum Gasteiger partial charge on any atom is -0.379 e. The Labute approximate surface area is 149 Å². The van der Waals surface area contributed by atoms with Crippen molar-refractivity contribution in [1.82, 2.24) is 30.2 Å². The molecule has 1 atom stereocenters. The van der Waals surface area contributed by atoms with Gasteiger partial charge in [0.2, 0.25) is 0 Å². The van der Waals surface area contributed by atoms with Crippen LogP contribution >= 0.6 is 0 Å². The van der Waals surface area contributed by atoms with E-state index in [1.54, 1.807) is 12.4 Å². The normalized spacial score (nSPS) is 17.2. The van der Waals surface area contributed by atoms with Crippen LogP contribution in [0.4, 0.5) is 5.82 Å². The highest BCUT2D eigenvalue weighted by molar-refractivity contribution is 5.83. The lowest BCUT2D eigenvalue weighted by molar-refractivity contribution is 0.310. The fraction of sp³-hybridized carbons (Fsp3) is 0.222. The smallest absolute Gasteiger partial charge is 0.199 e. The topological polar surface area (TPSA) is 108 Å². The van der Waals surface area contributed by atoms with E-state index in [0.717, 1.165) is 29.7 Å². The minimum atomic E-state index is 0.211. The summed E-state index contributed by atoms with van der Waals surface area (Å²) < 4.78 is 6.81. The first-order valence-corrected chi connectivity index (χ1v) is 8.56. The van der Waals surface area contributed by atoms with E-state index in [-0.39, 0.29) is 5.82 Å².